The predicted molar refractivity (Wildman–Crippen MR) is 133 cm³/mol. The fraction of sp³-hybridized carbons (Fsp3) is 0.333. The normalized spacial score (nSPS) is 19.1. The van der Waals surface area contributed by atoms with Crippen molar-refractivity contribution in [3.8, 4) is 5.69 Å². The first-order valence-electron chi connectivity index (χ1n) is 12.0. The number of hydrogen-bond acceptors (Lipinski definition) is 9. The smallest absolute Gasteiger partial charge is 0.338 e. The SMILES string of the molecule is CCOC(=O)c1ccc2nc(CN=C3NC(N4CCNCC4)Nc4c3ncn4-c3ccoc3)[nH]c2c1. The van der Waals surface area contributed by atoms with Crippen molar-refractivity contribution in [1.29, 1.82) is 0 Å². The largest absolute Gasteiger partial charge is 0.470 e. The average molecular weight is 490 g/mol. The number of nitrogens with one attached hydrogen (secondary N) is 4. The van der Waals surface area contributed by atoms with E-state index in [1.54, 1.807) is 37.9 Å². The van der Waals surface area contributed by atoms with Gasteiger partial charge in [0.15, 0.2) is 12.1 Å². The molecule has 1 aromatic carbocycles. The Morgan fingerprint density at radius 2 is 2.14 bits per heavy atom. The molecule has 4 aromatic rings. The van der Waals surface area contributed by atoms with Gasteiger partial charge in [-0.05, 0) is 25.1 Å². The van der Waals surface area contributed by atoms with Crippen LogP contribution in [0.5, 0.6) is 0 Å². The number of H-pyrrole nitrogens is 1. The van der Waals surface area contributed by atoms with Gasteiger partial charge in [-0.15, -0.1) is 0 Å². The number of carbonyl (C=O) groups is 1. The van der Waals surface area contributed by atoms with E-state index in [1.807, 2.05) is 16.7 Å². The molecule has 0 bridgehead atoms. The standard InChI is InChI=1S/C24H27N9O3/c1-2-36-23(34)15-3-4-17-18(11-15)29-19(28-17)12-26-21-20-22(33(14-27-20)16-5-10-35-13-16)31-24(30-21)32-8-6-25-7-9-32/h3-5,10-11,13-14,24-25,31H,2,6-9,12H2,1H3,(H,26,30)(H,28,29). The first-order chi connectivity index (χ1) is 17.7. The first-order valence-corrected chi connectivity index (χ1v) is 12.0. The lowest BCUT2D eigenvalue weighted by atomic mass is 10.2. The molecular formula is C24H27N9O3. The molecule has 6 rings (SSSR count). The third kappa shape index (κ3) is 4.20. The van der Waals surface area contributed by atoms with E-state index in [9.17, 15) is 4.79 Å². The zero-order valence-corrected chi connectivity index (χ0v) is 19.8. The molecule has 0 saturated carbocycles. The molecule has 1 saturated heterocycles. The Bertz CT molecular complexity index is 1400. The van der Waals surface area contributed by atoms with Crippen LogP contribution < -0.4 is 16.0 Å². The fourth-order valence-corrected chi connectivity index (χ4v) is 4.49. The number of esters is 1. The van der Waals surface area contributed by atoms with Crippen molar-refractivity contribution >= 4 is 28.7 Å². The summed E-state index contributed by atoms with van der Waals surface area (Å²) >= 11 is 0. The van der Waals surface area contributed by atoms with Crippen molar-refractivity contribution in [2.75, 3.05) is 38.1 Å². The van der Waals surface area contributed by atoms with Crippen LogP contribution >= 0.6 is 0 Å². The fourth-order valence-electron chi connectivity index (χ4n) is 4.49. The molecule has 12 nitrogen and oxygen atoms in total. The van der Waals surface area contributed by atoms with Crippen molar-refractivity contribution in [2.45, 2.75) is 19.8 Å². The van der Waals surface area contributed by atoms with Gasteiger partial charge in [-0.2, -0.15) is 0 Å². The van der Waals surface area contributed by atoms with Gasteiger partial charge in [0.1, 0.15) is 29.9 Å². The number of anilines is 1. The molecule has 3 aromatic heterocycles. The van der Waals surface area contributed by atoms with Crippen LogP contribution in [-0.2, 0) is 11.3 Å². The van der Waals surface area contributed by atoms with Gasteiger partial charge >= 0.3 is 5.97 Å². The number of rotatable bonds is 6. The third-order valence-corrected chi connectivity index (χ3v) is 6.27. The molecule has 1 fully saturated rings. The van der Waals surface area contributed by atoms with Gasteiger partial charge in [0.2, 0.25) is 0 Å². The number of ether oxygens (including phenoxy) is 1. The number of carbonyl (C=O) groups excluding carboxylic acids is 1. The van der Waals surface area contributed by atoms with Crippen LogP contribution in [0.2, 0.25) is 0 Å². The van der Waals surface area contributed by atoms with Gasteiger partial charge in [-0.1, -0.05) is 0 Å². The van der Waals surface area contributed by atoms with Gasteiger partial charge < -0.3 is 30.1 Å². The van der Waals surface area contributed by atoms with Crippen LogP contribution in [0.25, 0.3) is 16.7 Å². The van der Waals surface area contributed by atoms with Gasteiger partial charge in [0.05, 0.1) is 41.7 Å². The summed E-state index contributed by atoms with van der Waals surface area (Å²) < 4.78 is 12.3. The second-order valence-corrected chi connectivity index (χ2v) is 8.57. The Hall–Kier alpha value is -4.16. The highest BCUT2D eigenvalue weighted by Gasteiger charge is 2.31. The predicted octanol–water partition coefficient (Wildman–Crippen LogP) is 1.67. The van der Waals surface area contributed by atoms with Gasteiger partial charge in [-0.3, -0.25) is 14.5 Å². The summed E-state index contributed by atoms with van der Waals surface area (Å²) in [5.41, 5.74) is 3.62. The molecule has 4 N–H and O–H groups in total. The average Bonchev–Trinajstić information content (AvgIpc) is 3.66. The van der Waals surface area contributed by atoms with E-state index in [0.29, 0.717) is 30.4 Å². The van der Waals surface area contributed by atoms with Crippen molar-refractivity contribution in [3.05, 3.63) is 60.2 Å². The lowest BCUT2D eigenvalue weighted by Gasteiger charge is -2.38. The quantitative estimate of drug-likeness (QED) is 0.298. The molecule has 12 heteroatoms. The molecule has 186 valence electrons. The summed E-state index contributed by atoms with van der Waals surface area (Å²) in [5.74, 6) is 1.87. The third-order valence-electron chi connectivity index (χ3n) is 6.27. The number of hydrogen-bond donors (Lipinski definition) is 4. The zero-order chi connectivity index (χ0) is 24.5. The summed E-state index contributed by atoms with van der Waals surface area (Å²) in [4.78, 5) is 31.8. The maximum Gasteiger partial charge on any atom is 0.338 e. The van der Waals surface area contributed by atoms with E-state index >= 15 is 0 Å². The van der Waals surface area contributed by atoms with E-state index < -0.39 is 0 Å². The molecule has 36 heavy (non-hydrogen) atoms. The van der Waals surface area contributed by atoms with Gasteiger partial charge in [0.25, 0.3) is 0 Å². The molecule has 0 amide bonds. The lowest BCUT2D eigenvalue weighted by molar-refractivity contribution is 0.0526. The van der Waals surface area contributed by atoms with Crippen molar-refractivity contribution in [1.82, 2.24) is 35.1 Å². The molecule has 2 aliphatic rings. The van der Waals surface area contributed by atoms with Crippen LogP contribution in [0.1, 0.15) is 28.8 Å². The van der Waals surface area contributed by atoms with Crippen LogP contribution in [0, 0.1) is 0 Å². The number of aliphatic imine (C=N–C) groups is 1. The minimum atomic E-state index is -0.352. The number of amidine groups is 1. The Balaban J connectivity index is 1.30. The Morgan fingerprint density at radius 1 is 1.25 bits per heavy atom. The minimum absolute atomic E-state index is 0.136. The minimum Gasteiger partial charge on any atom is -0.470 e. The van der Waals surface area contributed by atoms with Crippen LogP contribution in [0.4, 0.5) is 5.82 Å². The highest BCUT2D eigenvalue weighted by Crippen LogP contribution is 2.25. The topological polar surface area (TPSA) is 138 Å². The lowest BCUT2D eigenvalue weighted by Crippen LogP contribution is -2.60. The second-order valence-electron chi connectivity index (χ2n) is 8.57. The number of aromatic nitrogens is 4. The van der Waals surface area contributed by atoms with E-state index in [-0.39, 0.29) is 12.3 Å². The second kappa shape index (κ2) is 9.47. The van der Waals surface area contributed by atoms with Gasteiger partial charge in [-0.25, -0.2) is 14.8 Å². The first kappa shape index (κ1) is 22.3. The van der Waals surface area contributed by atoms with E-state index in [0.717, 1.165) is 54.4 Å². The number of imidazole rings is 2. The van der Waals surface area contributed by atoms with E-state index in [2.05, 4.69) is 35.8 Å². The summed E-state index contributed by atoms with van der Waals surface area (Å²) in [6.45, 7) is 6.09. The summed E-state index contributed by atoms with van der Waals surface area (Å²) in [7, 11) is 0. The number of aromatic amines is 1. The molecule has 0 spiro atoms. The highest BCUT2D eigenvalue weighted by atomic mass is 16.5. The number of fused-ring (bicyclic) bond motifs is 2. The molecule has 2 aliphatic heterocycles. The Kier molecular flexibility index (Phi) is 5.87. The van der Waals surface area contributed by atoms with Crippen molar-refractivity contribution < 1.29 is 13.9 Å². The highest BCUT2D eigenvalue weighted by molar-refractivity contribution is 6.03. The summed E-state index contributed by atoms with van der Waals surface area (Å²) in [6, 6.07) is 7.17. The van der Waals surface area contributed by atoms with Crippen molar-refractivity contribution in [2.24, 2.45) is 4.99 Å². The summed E-state index contributed by atoms with van der Waals surface area (Å²) in [5, 5.41) is 10.5. The molecule has 5 heterocycles. The maximum atomic E-state index is 12.1. The molecule has 0 radical (unpaired) electrons. The van der Waals surface area contributed by atoms with Crippen molar-refractivity contribution in [3.63, 3.8) is 0 Å². The van der Waals surface area contributed by atoms with E-state index in [1.165, 1.54) is 0 Å². The maximum absolute atomic E-state index is 12.1. The zero-order valence-electron chi connectivity index (χ0n) is 19.8. The Morgan fingerprint density at radius 3 is 2.94 bits per heavy atom. The van der Waals surface area contributed by atoms with Crippen LogP contribution in [0.3, 0.4) is 0 Å². The number of furan rings is 1. The van der Waals surface area contributed by atoms with E-state index in [4.69, 9.17) is 14.1 Å². The van der Waals surface area contributed by atoms with Gasteiger partial charge in [0, 0.05) is 32.2 Å². The summed E-state index contributed by atoms with van der Waals surface area (Å²) in [6.07, 6.45) is 4.95. The monoisotopic (exact) mass is 489 g/mol. The number of benzene rings is 1. The molecular weight excluding hydrogens is 462 g/mol. The van der Waals surface area contributed by atoms with Crippen LogP contribution in [0.15, 0.2) is 52.5 Å². The molecule has 1 unspecified atom stereocenters. The number of piperazine rings is 1. The molecule has 0 aliphatic carbocycles. The number of nitrogens with zero attached hydrogens (tertiary/aromatic N) is 5. The molecule has 1 atom stereocenters. The van der Waals surface area contributed by atoms with Crippen LogP contribution in [-0.4, -0.2) is 75.3 Å². The Labute approximate surface area is 206 Å².